The van der Waals surface area contributed by atoms with Gasteiger partial charge in [0.1, 0.15) is 5.75 Å². The lowest BCUT2D eigenvalue weighted by Crippen LogP contribution is -2.04. The van der Waals surface area contributed by atoms with Crippen molar-refractivity contribution in [1.29, 1.82) is 0 Å². The van der Waals surface area contributed by atoms with Crippen LogP contribution in [0.1, 0.15) is 10.5 Å². The van der Waals surface area contributed by atoms with Crippen molar-refractivity contribution in [1.82, 2.24) is 9.78 Å². The molecule has 1 N–H and O–H groups in total. The van der Waals surface area contributed by atoms with Gasteiger partial charge >= 0.3 is 5.97 Å². The van der Waals surface area contributed by atoms with E-state index < -0.39 is 15.8 Å². The smallest absolute Gasteiger partial charge is 0.356 e. The van der Waals surface area contributed by atoms with Gasteiger partial charge in [-0.05, 0) is 18.2 Å². The van der Waals surface area contributed by atoms with Crippen LogP contribution in [-0.2, 0) is 16.9 Å². The molecule has 0 unspecified atom stereocenters. The molecule has 0 saturated heterocycles. The summed E-state index contributed by atoms with van der Waals surface area (Å²) in [5.74, 6) is -0.856. The number of benzene rings is 1. The number of aryl methyl sites for hydroxylation is 1. The van der Waals surface area contributed by atoms with Gasteiger partial charge in [-0.2, -0.15) is 5.10 Å². The van der Waals surface area contributed by atoms with Gasteiger partial charge in [-0.15, -0.1) is 0 Å². The Morgan fingerprint density at radius 3 is 2.52 bits per heavy atom. The number of methoxy groups -OCH3 is 1. The van der Waals surface area contributed by atoms with Crippen molar-refractivity contribution in [3.63, 3.8) is 0 Å². The van der Waals surface area contributed by atoms with Crippen LogP contribution >= 0.6 is 0 Å². The normalized spacial score (nSPS) is 11.4. The Morgan fingerprint density at radius 2 is 2.05 bits per heavy atom. The first-order valence-corrected chi connectivity index (χ1v) is 7.79. The monoisotopic (exact) mass is 310 g/mol. The van der Waals surface area contributed by atoms with Gasteiger partial charge in [0, 0.05) is 13.3 Å². The van der Waals surface area contributed by atoms with E-state index in [1.165, 1.54) is 23.9 Å². The molecular weight excluding hydrogens is 296 g/mol. The SMILES string of the molecule is COc1cccc(S(C)(=O)=O)c1-c1cc(C(=O)O)nn1C. The average molecular weight is 310 g/mol. The van der Waals surface area contributed by atoms with Gasteiger partial charge in [-0.25, -0.2) is 13.2 Å². The molecule has 1 aromatic heterocycles. The van der Waals surface area contributed by atoms with Gasteiger partial charge in [-0.1, -0.05) is 6.07 Å². The summed E-state index contributed by atoms with van der Waals surface area (Å²) >= 11 is 0. The number of ether oxygens (including phenoxy) is 1. The fourth-order valence-corrected chi connectivity index (χ4v) is 2.95. The van der Waals surface area contributed by atoms with Crippen molar-refractivity contribution in [2.45, 2.75) is 4.90 Å². The number of carbonyl (C=O) groups is 1. The first-order chi connectivity index (χ1) is 9.75. The van der Waals surface area contributed by atoms with Crippen LogP contribution in [-0.4, -0.2) is 42.6 Å². The molecule has 0 saturated carbocycles. The molecule has 0 aliphatic carbocycles. The molecule has 0 aliphatic heterocycles. The van der Waals surface area contributed by atoms with Gasteiger partial charge in [0.2, 0.25) is 0 Å². The number of aromatic carboxylic acids is 1. The van der Waals surface area contributed by atoms with E-state index in [1.807, 2.05) is 0 Å². The minimum absolute atomic E-state index is 0.0572. The number of nitrogens with zero attached hydrogens (tertiary/aromatic N) is 2. The summed E-state index contributed by atoms with van der Waals surface area (Å²) in [6.07, 6.45) is 1.08. The molecule has 2 rings (SSSR count). The lowest BCUT2D eigenvalue weighted by Gasteiger charge is -2.12. The van der Waals surface area contributed by atoms with Crippen LogP contribution in [0.3, 0.4) is 0 Å². The number of aromatic nitrogens is 2. The maximum Gasteiger partial charge on any atom is 0.356 e. The number of hydrogen-bond donors (Lipinski definition) is 1. The highest BCUT2D eigenvalue weighted by Crippen LogP contribution is 2.36. The molecule has 0 bridgehead atoms. The van der Waals surface area contributed by atoms with Gasteiger partial charge in [-0.3, -0.25) is 4.68 Å². The average Bonchev–Trinajstić information content (AvgIpc) is 2.79. The molecule has 0 aliphatic rings. The zero-order valence-corrected chi connectivity index (χ0v) is 12.5. The van der Waals surface area contributed by atoms with E-state index in [0.29, 0.717) is 17.0 Å². The summed E-state index contributed by atoms with van der Waals surface area (Å²) in [5.41, 5.74) is 0.480. The summed E-state index contributed by atoms with van der Waals surface area (Å²) in [4.78, 5) is 11.1. The molecule has 2 aromatic rings. The quantitative estimate of drug-likeness (QED) is 0.911. The van der Waals surface area contributed by atoms with E-state index in [4.69, 9.17) is 9.84 Å². The number of hydrogen-bond acceptors (Lipinski definition) is 5. The van der Waals surface area contributed by atoms with E-state index in [2.05, 4.69) is 5.10 Å². The van der Waals surface area contributed by atoms with Gasteiger partial charge in [0.15, 0.2) is 15.5 Å². The van der Waals surface area contributed by atoms with Crippen LogP contribution in [0, 0.1) is 0 Å². The fourth-order valence-electron chi connectivity index (χ4n) is 2.05. The van der Waals surface area contributed by atoms with Gasteiger partial charge < -0.3 is 9.84 Å². The zero-order valence-electron chi connectivity index (χ0n) is 11.7. The highest BCUT2D eigenvalue weighted by molar-refractivity contribution is 7.90. The largest absolute Gasteiger partial charge is 0.496 e. The molecule has 0 atom stereocenters. The predicted molar refractivity (Wildman–Crippen MR) is 75.3 cm³/mol. The summed E-state index contributed by atoms with van der Waals surface area (Å²) in [5, 5.41) is 12.9. The minimum atomic E-state index is -3.51. The molecule has 21 heavy (non-hydrogen) atoms. The van der Waals surface area contributed by atoms with Crippen LogP contribution in [0.25, 0.3) is 11.3 Å². The summed E-state index contributed by atoms with van der Waals surface area (Å²) < 4.78 is 30.4. The molecule has 0 spiro atoms. The standard InChI is InChI=1S/C13H14N2O5S/c1-15-9(7-8(14-15)13(16)17)12-10(20-2)5-4-6-11(12)21(3,18)19/h4-7H,1-3H3,(H,16,17). The Labute approximate surface area is 121 Å². The van der Waals surface area contributed by atoms with Crippen LogP contribution in [0.4, 0.5) is 0 Å². The van der Waals surface area contributed by atoms with E-state index in [0.717, 1.165) is 6.26 Å². The molecule has 8 heteroatoms. The lowest BCUT2D eigenvalue weighted by molar-refractivity contribution is 0.0689. The van der Waals surface area contributed by atoms with E-state index in [-0.39, 0.29) is 10.6 Å². The highest BCUT2D eigenvalue weighted by Gasteiger charge is 2.23. The van der Waals surface area contributed by atoms with Crippen molar-refractivity contribution in [3.05, 3.63) is 30.0 Å². The van der Waals surface area contributed by atoms with Crippen LogP contribution in [0.15, 0.2) is 29.2 Å². The molecule has 1 heterocycles. The maximum atomic E-state index is 11.9. The van der Waals surface area contributed by atoms with Crippen LogP contribution in [0.5, 0.6) is 5.75 Å². The second-order valence-corrected chi connectivity index (χ2v) is 6.43. The number of carboxylic acids is 1. The zero-order chi connectivity index (χ0) is 15.8. The summed E-state index contributed by atoms with van der Waals surface area (Å²) in [6.45, 7) is 0. The molecule has 112 valence electrons. The Morgan fingerprint density at radius 1 is 1.38 bits per heavy atom. The Balaban J connectivity index is 2.82. The summed E-state index contributed by atoms with van der Waals surface area (Å²) in [7, 11) is -0.553. The molecule has 1 aromatic carbocycles. The van der Waals surface area contributed by atoms with Crippen molar-refractivity contribution >= 4 is 15.8 Å². The first kappa shape index (κ1) is 15.0. The third-order valence-corrected chi connectivity index (χ3v) is 4.10. The van der Waals surface area contributed by atoms with Crippen LogP contribution < -0.4 is 4.74 Å². The maximum absolute atomic E-state index is 11.9. The lowest BCUT2D eigenvalue weighted by atomic mass is 10.1. The molecule has 0 radical (unpaired) electrons. The highest BCUT2D eigenvalue weighted by atomic mass is 32.2. The molecular formula is C13H14N2O5S. The van der Waals surface area contributed by atoms with Gasteiger partial charge in [0.05, 0.1) is 23.3 Å². The number of sulfone groups is 1. The number of rotatable bonds is 4. The van der Waals surface area contributed by atoms with E-state index in [1.54, 1.807) is 19.2 Å². The third kappa shape index (κ3) is 2.75. The van der Waals surface area contributed by atoms with Crippen molar-refractivity contribution in [2.75, 3.05) is 13.4 Å². The first-order valence-electron chi connectivity index (χ1n) is 5.90. The fraction of sp³-hybridized carbons (Fsp3) is 0.231. The molecule has 0 fully saturated rings. The van der Waals surface area contributed by atoms with Crippen LogP contribution in [0.2, 0.25) is 0 Å². The van der Waals surface area contributed by atoms with Crippen molar-refractivity contribution in [3.8, 4) is 17.0 Å². The van der Waals surface area contributed by atoms with E-state index in [9.17, 15) is 13.2 Å². The van der Waals surface area contributed by atoms with Crippen molar-refractivity contribution in [2.24, 2.45) is 7.05 Å². The number of carboxylic acid groups (broad SMARTS) is 1. The predicted octanol–water partition coefficient (Wildman–Crippen LogP) is 1.20. The Bertz CT molecular complexity index is 808. The topological polar surface area (TPSA) is 98.5 Å². The Kier molecular flexibility index (Phi) is 3.73. The second-order valence-electron chi connectivity index (χ2n) is 4.45. The van der Waals surface area contributed by atoms with Gasteiger partial charge in [0.25, 0.3) is 0 Å². The minimum Gasteiger partial charge on any atom is -0.496 e. The summed E-state index contributed by atoms with van der Waals surface area (Å²) in [6, 6.07) is 5.93. The van der Waals surface area contributed by atoms with Crippen molar-refractivity contribution < 1.29 is 23.1 Å². The molecule has 0 amide bonds. The molecule has 7 nitrogen and oxygen atoms in total. The second kappa shape index (κ2) is 5.21. The Hall–Kier alpha value is -2.35. The third-order valence-electron chi connectivity index (χ3n) is 2.96. The van der Waals surface area contributed by atoms with E-state index >= 15 is 0 Å².